The molecule has 2 aromatic rings. The Morgan fingerprint density at radius 3 is 2.76 bits per heavy atom. The molecule has 2 amide bonds. The molecule has 0 saturated carbocycles. The van der Waals surface area contributed by atoms with Gasteiger partial charge in [0.05, 0.1) is 18.8 Å². The first-order valence-electron chi connectivity index (χ1n) is 8.04. The molecule has 1 N–H and O–H groups in total. The van der Waals surface area contributed by atoms with Crippen LogP contribution in [0.15, 0.2) is 47.4 Å². The van der Waals surface area contributed by atoms with E-state index in [4.69, 9.17) is 0 Å². The number of nitrogens with one attached hydrogen (secondary N) is 1. The van der Waals surface area contributed by atoms with Gasteiger partial charge in [-0.3, -0.25) is 14.4 Å². The molecule has 1 aliphatic heterocycles. The van der Waals surface area contributed by atoms with Crippen molar-refractivity contribution in [2.75, 3.05) is 18.4 Å². The Kier molecular flexibility index (Phi) is 4.92. The summed E-state index contributed by atoms with van der Waals surface area (Å²) in [5.41, 5.74) is 0.845. The van der Waals surface area contributed by atoms with Gasteiger partial charge in [-0.1, -0.05) is 12.1 Å². The highest BCUT2D eigenvalue weighted by atomic mass is 19.1. The van der Waals surface area contributed by atoms with E-state index in [1.807, 2.05) is 0 Å². The van der Waals surface area contributed by atoms with Crippen LogP contribution in [0.25, 0.3) is 0 Å². The van der Waals surface area contributed by atoms with Gasteiger partial charge in [-0.2, -0.15) is 0 Å². The third-order valence-electron chi connectivity index (χ3n) is 4.02. The van der Waals surface area contributed by atoms with Crippen molar-refractivity contribution in [3.63, 3.8) is 0 Å². The van der Waals surface area contributed by atoms with Crippen LogP contribution >= 0.6 is 0 Å². The van der Waals surface area contributed by atoms with Crippen LogP contribution in [0, 0.1) is 5.82 Å². The number of halogens is 1. The normalized spacial score (nSPS) is 14.0. The lowest BCUT2D eigenvalue weighted by Gasteiger charge is -2.15. The van der Waals surface area contributed by atoms with Crippen molar-refractivity contribution in [3.05, 3.63) is 64.3 Å². The van der Waals surface area contributed by atoms with E-state index in [1.54, 1.807) is 12.1 Å². The maximum Gasteiger partial charge on any atom is 0.250 e. The van der Waals surface area contributed by atoms with E-state index in [0.717, 1.165) is 6.42 Å². The van der Waals surface area contributed by atoms with E-state index in [9.17, 15) is 18.8 Å². The standard InChI is InChI=1S/C18H18FN3O3/c19-14-4-1-3-13(9-14)10-22-11-15(6-7-18(22)25)20-16(23)12-21-8-2-5-17(21)24/h1,3-4,6-7,9,11H,2,5,8,10,12H2,(H,20,23). The van der Waals surface area contributed by atoms with Crippen molar-refractivity contribution < 1.29 is 14.0 Å². The number of rotatable bonds is 5. The molecule has 6 nitrogen and oxygen atoms in total. The van der Waals surface area contributed by atoms with Crippen molar-refractivity contribution in [2.45, 2.75) is 19.4 Å². The predicted octanol–water partition coefficient (Wildman–Crippen LogP) is 1.60. The van der Waals surface area contributed by atoms with E-state index in [2.05, 4.69) is 5.32 Å². The van der Waals surface area contributed by atoms with E-state index in [1.165, 1.54) is 39.9 Å². The fraction of sp³-hybridized carbons (Fsp3) is 0.278. The molecule has 0 spiro atoms. The molecule has 3 rings (SSSR count). The fourth-order valence-electron chi connectivity index (χ4n) is 2.81. The van der Waals surface area contributed by atoms with Gasteiger partial charge in [-0.15, -0.1) is 0 Å². The number of pyridine rings is 1. The summed E-state index contributed by atoms with van der Waals surface area (Å²) in [6.45, 7) is 0.790. The number of likely N-dealkylation sites (tertiary alicyclic amines) is 1. The SMILES string of the molecule is O=C(CN1CCCC1=O)Nc1ccc(=O)n(Cc2cccc(F)c2)c1. The van der Waals surface area contributed by atoms with Gasteiger partial charge in [0.15, 0.2) is 0 Å². The first kappa shape index (κ1) is 16.9. The predicted molar refractivity (Wildman–Crippen MR) is 90.6 cm³/mol. The largest absolute Gasteiger partial charge is 0.333 e. The lowest BCUT2D eigenvalue weighted by molar-refractivity contribution is -0.131. The van der Waals surface area contributed by atoms with Crippen LogP contribution in [0.2, 0.25) is 0 Å². The Balaban J connectivity index is 1.69. The number of amides is 2. The zero-order valence-corrected chi connectivity index (χ0v) is 13.6. The number of hydrogen-bond acceptors (Lipinski definition) is 3. The van der Waals surface area contributed by atoms with Crippen molar-refractivity contribution in [1.82, 2.24) is 9.47 Å². The highest BCUT2D eigenvalue weighted by Crippen LogP contribution is 2.11. The number of anilines is 1. The van der Waals surface area contributed by atoms with Gasteiger partial charge in [0.25, 0.3) is 5.56 Å². The van der Waals surface area contributed by atoms with Crippen LogP contribution < -0.4 is 10.9 Å². The molecule has 130 valence electrons. The topological polar surface area (TPSA) is 71.4 Å². The van der Waals surface area contributed by atoms with Crippen molar-refractivity contribution >= 4 is 17.5 Å². The molecule has 25 heavy (non-hydrogen) atoms. The van der Waals surface area contributed by atoms with Crippen LogP contribution in [0.4, 0.5) is 10.1 Å². The average Bonchev–Trinajstić information content (AvgIpc) is 2.95. The highest BCUT2D eigenvalue weighted by Gasteiger charge is 2.22. The number of carbonyl (C=O) groups excluding carboxylic acids is 2. The van der Waals surface area contributed by atoms with Crippen molar-refractivity contribution in [3.8, 4) is 0 Å². The summed E-state index contributed by atoms with van der Waals surface area (Å²) in [4.78, 5) is 37.1. The molecular formula is C18H18FN3O3. The maximum absolute atomic E-state index is 13.3. The number of benzene rings is 1. The number of aromatic nitrogens is 1. The zero-order chi connectivity index (χ0) is 17.8. The lowest BCUT2D eigenvalue weighted by Crippen LogP contribution is -2.34. The molecule has 0 bridgehead atoms. The molecule has 0 aliphatic carbocycles. The number of carbonyl (C=O) groups is 2. The van der Waals surface area contributed by atoms with E-state index in [0.29, 0.717) is 24.2 Å². The molecule has 0 atom stereocenters. The van der Waals surface area contributed by atoms with E-state index < -0.39 is 0 Å². The van der Waals surface area contributed by atoms with Gasteiger partial charge < -0.3 is 14.8 Å². The zero-order valence-electron chi connectivity index (χ0n) is 13.6. The Bertz CT molecular complexity index is 863. The lowest BCUT2D eigenvalue weighted by atomic mass is 10.2. The number of nitrogens with zero attached hydrogens (tertiary/aromatic N) is 2. The van der Waals surface area contributed by atoms with Crippen LogP contribution in [-0.2, 0) is 16.1 Å². The summed E-state index contributed by atoms with van der Waals surface area (Å²) < 4.78 is 14.7. The van der Waals surface area contributed by atoms with Crippen LogP contribution in [0.5, 0.6) is 0 Å². The molecular weight excluding hydrogens is 325 g/mol. The molecule has 0 radical (unpaired) electrons. The van der Waals surface area contributed by atoms with Crippen LogP contribution in [0.1, 0.15) is 18.4 Å². The van der Waals surface area contributed by atoms with Gasteiger partial charge in [0.2, 0.25) is 11.8 Å². The van der Waals surface area contributed by atoms with Crippen LogP contribution in [0.3, 0.4) is 0 Å². The smallest absolute Gasteiger partial charge is 0.250 e. The molecule has 1 fully saturated rings. The quantitative estimate of drug-likeness (QED) is 0.896. The summed E-state index contributed by atoms with van der Waals surface area (Å²) in [6, 6.07) is 8.84. The molecule has 1 aromatic heterocycles. The number of hydrogen-bond donors (Lipinski definition) is 1. The Morgan fingerprint density at radius 1 is 1.20 bits per heavy atom. The Morgan fingerprint density at radius 2 is 2.04 bits per heavy atom. The minimum atomic E-state index is -0.370. The van der Waals surface area contributed by atoms with Gasteiger partial charge in [-0.05, 0) is 30.2 Å². The monoisotopic (exact) mass is 343 g/mol. The van der Waals surface area contributed by atoms with E-state index >= 15 is 0 Å². The summed E-state index contributed by atoms with van der Waals surface area (Å²) in [5, 5.41) is 2.69. The van der Waals surface area contributed by atoms with Crippen LogP contribution in [-0.4, -0.2) is 34.4 Å². The first-order valence-corrected chi connectivity index (χ1v) is 8.04. The molecule has 1 aromatic carbocycles. The minimum absolute atomic E-state index is 0.00184. The fourth-order valence-corrected chi connectivity index (χ4v) is 2.81. The Labute approximate surface area is 143 Å². The molecule has 1 saturated heterocycles. The van der Waals surface area contributed by atoms with Gasteiger partial charge in [-0.25, -0.2) is 4.39 Å². The third kappa shape index (κ3) is 4.32. The third-order valence-corrected chi connectivity index (χ3v) is 4.02. The second kappa shape index (κ2) is 7.29. The minimum Gasteiger partial charge on any atom is -0.333 e. The summed E-state index contributed by atoms with van der Waals surface area (Å²) in [5.74, 6) is -0.706. The van der Waals surface area contributed by atoms with Crippen molar-refractivity contribution in [2.24, 2.45) is 0 Å². The van der Waals surface area contributed by atoms with Crippen molar-refractivity contribution in [1.29, 1.82) is 0 Å². The summed E-state index contributed by atoms with van der Waals surface area (Å²) in [6.07, 6.45) is 2.76. The van der Waals surface area contributed by atoms with Gasteiger partial charge in [0.1, 0.15) is 5.82 Å². The molecule has 7 heteroatoms. The molecule has 2 heterocycles. The molecule has 1 aliphatic rings. The van der Waals surface area contributed by atoms with E-state index in [-0.39, 0.29) is 36.3 Å². The second-order valence-electron chi connectivity index (χ2n) is 5.98. The summed E-state index contributed by atoms with van der Waals surface area (Å²) >= 11 is 0. The maximum atomic E-state index is 13.3. The average molecular weight is 343 g/mol. The first-order chi connectivity index (χ1) is 12.0. The summed E-state index contributed by atoms with van der Waals surface area (Å²) in [7, 11) is 0. The Hall–Kier alpha value is -2.96. The van der Waals surface area contributed by atoms with Gasteiger partial charge in [0, 0.05) is 25.2 Å². The second-order valence-corrected chi connectivity index (χ2v) is 5.98. The highest BCUT2D eigenvalue weighted by molar-refractivity contribution is 5.94. The molecule has 0 unspecified atom stereocenters. The van der Waals surface area contributed by atoms with Gasteiger partial charge >= 0.3 is 0 Å².